The number of nitrogens with zero attached hydrogens (tertiary/aromatic N) is 2. The second-order valence-electron chi connectivity index (χ2n) is 4.56. The fraction of sp³-hybridized carbons (Fsp3) is 0.0625. The number of anilines is 1. The molecule has 21 heavy (non-hydrogen) atoms. The average molecular weight is 344 g/mol. The second kappa shape index (κ2) is 5.61. The lowest BCUT2D eigenvalue weighted by molar-refractivity contribution is 0.415. The molecular formula is C16H14BrN3O. The Morgan fingerprint density at radius 2 is 1.81 bits per heavy atom. The molecule has 0 saturated carbocycles. The maximum Gasteiger partial charge on any atom is 0.118 e. The van der Waals surface area contributed by atoms with Crippen LogP contribution in [-0.2, 0) is 0 Å². The first-order chi connectivity index (χ1) is 10.2. The van der Waals surface area contributed by atoms with Gasteiger partial charge in [0.15, 0.2) is 0 Å². The number of benzene rings is 2. The number of rotatable bonds is 3. The maximum atomic E-state index is 6.10. The lowest BCUT2D eigenvalue weighted by Crippen LogP contribution is -1.95. The first kappa shape index (κ1) is 13.7. The molecule has 1 heterocycles. The van der Waals surface area contributed by atoms with Gasteiger partial charge in [-0.05, 0) is 52.3 Å². The molecule has 0 amide bonds. The average Bonchev–Trinajstić information content (AvgIpc) is 2.89. The number of nitrogen functional groups attached to an aromatic ring is 1. The standard InChI is InChI=1S/C16H14BrN3O/c1-21-12-8-6-11(7-9-12)16-14(18)10-20(19-16)15-5-3-2-4-13(15)17/h2-10H,18H2,1H3. The molecule has 0 fully saturated rings. The zero-order valence-corrected chi connectivity index (χ0v) is 13.0. The van der Waals surface area contributed by atoms with E-state index in [0.717, 1.165) is 27.2 Å². The molecule has 5 heteroatoms. The molecule has 2 N–H and O–H groups in total. The lowest BCUT2D eigenvalue weighted by atomic mass is 10.1. The van der Waals surface area contributed by atoms with Gasteiger partial charge in [0.1, 0.15) is 11.4 Å². The van der Waals surface area contributed by atoms with Gasteiger partial charge in [0.25, 0.3) is 0 Å². The maximum absolute atomic E-state index is 6.10. The molecule has 0 aliphatic heterocycles. The van der Waals surface area contributed by atoms with Crippen LogP contribution >= 0.6 is 15.9 Å². The lowest BCUT2D eigenvalue weighted by Gasteiger charge is -2.04. The van der Waals surface area contributed by atoms with E-state index in [1.165, 1.54) is 0 Å². The SMILES string of the molecule is COc1ccc(-c2nn(-c3ccccc3Br)cc2N)cc1. The van der Waals surface area contributed by atoms with Crippen LogP contribution in [0.1, 0.15) is 0 Å². The zero-order valence-electron chi connectivity index (χ0n) is 11.5. The molecule has 0 unspecified atom stereocenters. The number of para-hydroxylation sites is 1. The van der Waals surface area contributed by atoms with Gasteiger partial charge < -0.3 is 10.5 Å². The number of aromatic nitrogens is 2. The Hall–Kier alpha value is -2.27. The van der Waals surface area contributed by atoms with E-state index >= 15 is 0 Å². The summed E-state index contributed by atoms with van der Waals surface area (Å²) in [6, 6.07) is 15.6. The van der Waals surface area contributed by atoms with Gasteiger partial charge in [0, 0.05) is 10.0 Å². The number of methoxy groups -OCH3 is 1. The first-order valence-electron chi connectivity index (χ1n) is 6.43. The summed E-state index contributed by atoms with van der Waals surface area (Å²) in [5.41, 5.74) is 9.40. The third kappa shape index (κ3) is 2.64. The Kier molecular flexibility index (Phi) is 3.66. The van der Waals surface area contributed by atoms with Crippen molar-refractivity contribution in [3.05, 3.63) is 59.2 Å². The zero-order chi connectivity index (χ0) is 14.8. The molecule has 0 bridgehead atoms. The van der Waals surface area contributed by atoms with Crippen LogP contribution in [0.2, 0.25) is 0 Å². The van der Waals surface area contributed by atoms with E-state index in [4.69, 9.17) is 10.5 Å². The normalized spacial score (nSPS) is 10.6. The van der Waals surface area contributed by atoms with Crippen LogP contribution in [0.3, 0.4) is 0 Å². The van der Waals surface area contributed by atoms with Crippen molar-refractivity contribution in [1.82, 2.24) is 9.78 Å². The fourth-order valence-corrected chi connectivity index (χ4v) is 2.59. The van der Waals surface area contributed by atoms with Gasteiger partial charge >= 0.3 is 0 Å². The summed E-state index contributed by atoms with van der Waals surface area (Å²) in [7, 11) is 1.64. The molecule has 0 saturated heterocycles. The van der Waals surface area contributed by atoms with Crippen molar-refractivity contribution in [2.45, 2.75) is 0 Å². The van der Waals surface area contributed by atoms with Crippen LogP contribution in [0.4, 0.5) is 5.69 Å². The number of ether oxygens (including phenoxy) is 1. The molecule has 0 radical (unpaired) electrons. The Bertz CT molecular complexity index is 765. The number of nitrogens with two attached hydrogens (primary N) is 1. The van der Waals surface area contributed by atoms with Crippen molar-refractivity contribution in [3.8, 4) is 22.7 Å². The van der Waals surface area contributed by atoms with Crippen LogP contribution in [0.5, 0.6) is 5.75 Å². The third-order valence-electron chi connectivity index (χ3n) is 3.21. The highest BCUT2D eigenvalue weighted by Crippen LogP contribution is 2.28. The van der Waals surface area contributed by atoms with E-state index in [9.17, 15) is 0 Å². The van der Waals surface area contributed by atoms with Crippen LogP contribution in [0.25, 0.3) is 16.9 Å². The minimum atomic E-state index is 0.635. The summed E-state index contributed by atoms with van der Waals surface area (Å²) in [4.78, 5) is 0. The minimum Gasteiger partial charge on any atom is -0.497 e. The highest BCUT2D eigenvalue weighted by molar-refractivity contribution is 9.10. The predicted octanol–water partition coefficient (Wildman–Crippen LogP) is 3.89. The molecule has 0 spiro atoms. The molecule has 0 aliphatic rings. The van der Waals surface area contributed by atoms with Crippen LogP contribution in [0, 0.1) is 0 Å². The Balaban J connectivity index is 2.03. The molecular weight excluding hydrogens is 330 g/mol. The van der Waals surface area contributed by atoms with Gasteiger partial charge in [-0.2, -0.15) is 5.10 Å². The fourth-order valence-electron chi connectivity index (χ4n) is 2.12. The monoisotopic (exact) mass is 343 g/mol. The highest BCUT2D eigenvalue weighted by atomic mass is 79.9. The van der Waals surface area contributed by atoms with Gasteiger partial charge in [-0.25, -0.2) is 4.68 Å². The van der Waals surface area contributed by atoms with E-state index in [-0.39, 0.29) is 0 Å². The topological polar surface area (TPSA) is 53.1 Å². The van der Waals surface area contributed by atoms with Gasteiger partial charge in [-0.3, -0.25) is 0 Å². The Morgan fingerprint density at radius 1 is 1.10 bits per heavy atom. The van der Waals surface area contributed by atoms with Crippen LogP contribution in [0.15, 0.2) is 59.2 Å². The number of hydrogen-bond donors (Lipinski definition) is 1. The van der Waals surface area contributed by atoms with Gasteiger partial charge in [0.2, 0.25) is 0 Å². The summed E-state index contributed by atoms with van der Waals surface area (Å²) in [6.45, 7) is 0. The van der Waals surface area contributed by atoms with Crippen molar-refractivity contribution in [3.63, 3.8) is 0 Å². The molecule has 4 nitrogen and oxygen atoms in total. The minimum absolute atomic E-state index is 0.635. The third-order valence-corrected chi connectivity index (χ3v) is 3.88. The van der Waals surface area contributed by atoms with Crippen LogP contribution < -0.4 is 10.5 Å². The molecule has 0 aliphatic carbocycles. The molecule has 0 atom stereocenters. The molecule has 1 aromatic heterocycles. The van der Waals surface area contributed by atoms with E-state index in [1.807, 2.05) is 54.7 Å². The number of hydrogen-bond acceptors (Lipinski definition) is 3. The predicted molar refractivity (Wildman–Crippen MR) is 87.7 cm³/mol. The second-order valence-corrected chi connectivity index (χ2v) is 5.41. The van der Waals surface area contributed by atoms with Gasteiger partial charge in [0.05, 0.1) is 24.7 Å². The van der Waals surface area contributed by atoms with E-state index in [1.54, 1.807) is 11.8 Å². The largest absolute Gasteiger partial charge is 0.497 e. The summed E-state index contributed by atoms with van der Waals surface area (Å²) >= 11 is 3.52. The molecule has 3 aromatic rings. The van der Waals surface area contributed by atoms with Gasteiger partial charge in [-0.15, -0.1) is 0 Å². The summed E-state index contributed by atoms with van der Waals surface area (Å²) in [5.74, 6) is 0.808. The first-order valence-corrected chi connectivity index (χ1v) is 7.23. The smallest absolute Gasteiger partial charge is 0.118 e. The molecule has 106 valence electrons. The summed E-state index contributed by atoms with van der Waals surface area (Å²) in [6.07, 6.45) is 1.82. The van der Waals surface area contributed by atoms with Crippen molar-refractivity contribution in [1.29, 1.82) is 0 Å². The summed E-state index contributed by atoms with van der Waals surface area (Å²) in [5, 5.41) is 4.59. The van der Waals surface area contributed by atoms with E-state index in [0.29, 0.717) is 5.69 Å². The van der Waals surface area contributed by atoms with Crippen molar-refractivity contribution < 1.29 is 4.74 Å². The van der Waals surface area contributed by atoms with Crippen molar-refractivity contribution in [2.75, 3.05) is 12.8 Å². The molecule has 2 aromatic carbocycles. The molecule has 3 rings (SSSR count). The van der Waals surface area contributed by atoms with Crippen LogP contribution in [-0.4, -0.2) is 16.9 Å². The van der Waals surface area contributed by atoms with Gasteiger partial charge in [-0.1, -0.05) is 12.1 Å². The van der Waals surface area contributed by atoms with E-state index < -0.39 is 0 Å². The summed E-state index contributed by atoms with van der Waals surface area (Å²) < 4.78 is 7.91. The Morgan fingerprint density at radius 3 is 2.48 bits per heavy atom. The van der Waals surface area contributed by atoms with Crippen molar-refractivity contribution >= 4 is 21.6 Å². The van der Waals surface area contributed by atoms with E-state index in [2.05, 4.69) is 21.0 Å². The number of halogens is 1. The van der Waals surface area contributed by atoms with Crippen molar-refractivity contribution in [2.24, 2.45) is 0 Å². The Labute approximate surface area is 131 Å². The quantitative estimate of drug-likeness (QED) is 0.784. The highest BCUT2D eigenvalue weighted by Gasteiger charge is 2.11.